The minimum absolute atomic E-state index is 0.908. The summed E-state index contributed by atoms with van der Waals surface area (Å²) in [5.41, 5.74) is 0. The van der Waals surface area contributed by atoms with Crippen LogP contribution in [0.25, 0.3) is 0 Å². The zero-order valence-electron chi connectivity index (χ0n) is 6.76. The molecule has 0 aromatic carbocycles. The predicted octanol–water partition coefficient (Wildman–Crippen LogP) is 0.628. The molecule has 0 heterocycles. The maximum atomic E-state index is 12.1. The van der Waals surface area contributed by atoms with Crippen molar-refractivity contribution in [2.24, 2.45) is 0 Å². The van der Waals surface area contributed by atoms with Crippen LogP contribution >= 0.6 is 6.49 Å². The quantitative estimate of drug-likeness (QED) is 0.507. The molecule has 3 N–H and O–H groups in total. The van der Waals surface area contributed by atoms with Gasteiger partial charge in [-0.15, -0.1) is 0 Å². The first kappa shape index (κ1) is 14.0. The molecule has 6 nitrogen and oxygen atoms in total. The summed E-state index contributed by atoms with van der Waals surface area (Å²) in [4.78, 5) is 17.3. The summed E-state index contributed by atoms with van der Waals surface area (Å²) in [6.45, 7) is -7.64. The second kappa shape index (κ2) is 3.26. The number of hydrogen-bond donors (Lipinski definition) is 3. The summed E-state index contributed by atoms with van der Waals surface area (Å²) in [7, 11) is -6.19. The van der Waals surface area contributed by atoms with E-state index in [1.807, 2.05) is 0 Å². The van der Waals surface area contributed by atoms with Gasteiger partial charge in [0.05, 0.1) is 0 Å². The molecule has 0 aromatic heterocycles. The average Bonchev–Trinajstić information content (AvgIpc) is 1.81. The van der Waals surface area contributed by atoms with Gasteiger partial charge in [-0.3, -0.25) is 0 Å². The fourth-order valence-electron chi connectivity index (χ4n) is 0.503. The number of rotatable bonds is 3. The molecule has 0 spiro atoms. The molecule has 0 radical (unpaired) electrons. The fourth-order valence-corrected chi connectivity index (χ4v) is 3.01. The summed E-state index contributed by atoms with van der Waals surface area (Å²) in [5, 5.41) is 0. The van der Waals surface area contributed by atoms with Gasteiger partial charge in [0.25, 0.3) is 0 Å². The third-order valence-corrected chi connectivity index (χ3v) is 7.07. The van der Waals surface area contributed by atoms with Crippen molar-refractivity contribution in [3.8, 4) is 0 Å². The van der Waals surface area contributed by atoms with Gasteiger partial charge in [0.15, 0.2) is 0 Å². The Morgan fingerprint density at radius 2 is 1.71 bits per heavy atom. The van der Waals surface area contributed by atoms with E-state index in [0.29, 0.717) is 0 Å². The third kappa shape index (κ3) is 1.73. The Balaban J connectivity index is 5.76. The molecule has 0 saturated carbocycles. The first-order valence-electron chi connectivity index (χ1n) is 3.07. The van der Waals surface area contributed by atoms with E-state index < -0.39 is 28.7 Å². The van der Waals surface area contributed by atoms with E-state index in [1.54, 1.807) is 0 Å². The van der Waals surface area contributed by atoms with Gasteiger partial charge in [-0.2, -0.15) is 0 Å². The van der Waals surface area contributed by atoms with E-state index in [2.05, 4.69) is 4.52 Å². The van der Waals surface area contributed by atoms with Crippen LogP contribution in [-0.4, -0.2) is 35.3 Å². The van der Waals surface area contributed by atoms with Crippen LogP contribution in [0.3, 0.4) is 0 Å². The molecular weight excluding hydrogens is 252 g/mol. The standard InChI is InChI=1S/C3H8F3O6PS/c1-2-12-13(7,8,3(4,5)6)14(9,10)11/h7-8H,2H2,1H3,(H,9,10,11). The van der Waals surface area contributed by atoms with Crippen LogP contribution < -0.4 is 0 Å². The topological polar surface area (TPSA) is 104 Å². The molecule has 0 aliphatic carbocycles. The van der Waals surface area contributed by atoms with Crippen molar-refractivity contribution in [2.75, 3.05) is 6.61 Å². The molecule has 0 aliphatic heterocycles. The van der Waals surface area contributed by atoms with Crippen LogP contribution in [0.15, 0.2) is 0 Å². The molecule has 0 amide bonds. The Labute approximate surface area is 77.0 Å². The predicted molar refractivity (Wildman–Crippen MR) is 40.6 cm³/mol. The van der Waals surface area contributed by atoms with E-state index in [9.17, 15) is 21.6 Å². The van der Waals surface area contributed by atoms with Gasteiger partial charge in [-0.05, 0) is 0 Å². The van der Waals surface area contributed by atoms with Crippen molar-refractivity contribution < 1.29 is 40.5 Å². The summed E-state index contributed by atoms with van der Waals surface area (Å²) in [6, 6.07) is 0. The van der Waals surface area contributed by atoms with Gasteiger partial charge in [0.2, 0.25) is 0 Å². The van der Waals surface area contributed by atoms with Crippen LogP contribution in [0.5, 0.6) is 0 Å². The van der Waals surface area contributed by atoms with Gasteiger partial charge in [0, 0.05) is 0 Å². The first-order chi connectivity index (χ1) is 5.86. The van der Waals surface area contributed by atoms with Crippen molar-refractivity contribution in [3.05, 3.63) is 0 Å². The van der Waals surface area contributed by atoms with Crippen molar-refractivity contribution in [3.63, 3.8) is 0 Å². The molecule has 0 unspecified atom stereocenters. The molecule has 0 rings (SSSR count). The van der Waals surface area contributed by atoms with Gasteiger partial charge >= 0.3 is 76.1 Å². The summed E-state index contributed by atoms with van der Waals surface area (Å²) in [5.74, 6) is -5.99. The summed E-state index contributed by atoms with van der Waals surface area (Å²) < 4.78 is 68.3. The van der Waals surface area contributed by atoms with Crippen LogP contribution in [0.1, 0.15) is 6.92 Å². The molecule has 0 aromatic rings. The van der Waals surface area contributed by atoms with E-state index in [0.717, 1.165) is 6.92 Å². The average molecular weight is 260 g/mol. The van der Waals surface area contributed by atoms with Crippen molar-refractivity contribution in [1.82, 2.24) is 0 Å². The first-order valence-corrected chi connectivity index (χ1v) is 7.17. The zero-order valence-corrected chi connectivity index (χ0v) is 8.47. The number of alkyl halides is 3. The molecule has 0 aliphatic rings. The molecule has 88 valence electrons. The van der Waals surface area contributed by atoms with Crippen molar-refractivity contribution >= 4 is 16.2 Å². The molecule has 0 bridgehead atoms. The minimum atomic E-state index is -7.61. The van der Waals surface area contributed by atoms with E-state index in [-0.39, 0.29) is 0 Å². The van der Waals surface area contributed by atoms with E-state index in [4.69, 9.17) is 14.3 Å². The molecule has 0 fully saturated rings. The second-order valence-corrected chi connectivity index (χ2v) is 8.97. The Hall–Kier alpha value is 0.01000. The molecule has 0 saturated heterocycles. The SMILES string of the molecule is CCOP(O)(O)(C(F)(F)F)S(=O)(=O)O. The molecule has 0 atom stereocenters. The Morgan fingerprint density at radius 3 is 1.79 bits per heavy atom. The number of hydrogen-bond acceptors (Lipinski definition) is 5. The van der Waals surface area contributed by atoms with Gasteiger partial charge < -0.3 is 0 Å². The molecule has 14 heavy (non-hydrogen) atoms. The molecule has 11 heteroatoms. The van der Waals surface area contributed by atoms with Crippen LogP contribution in [0.4, 0.5) is 13.2 Å². The fraction of sp³-hybridized carbons (Fsp3) is 1.00. The zero-order chi connectivity index (χ0) is 11.9. The van der Waals surface area contributed by atoms with Crippen LogP contribution in [-0.2, 0) is 14.3 Å². The Morgan fingerprint density at radius 1 is 1.36 bits per heavy atom. The molecular formula is C3H8F3O6PS. The Kier molecular flexibility index (Phi) is 3.26. The second-order valence-electron chi connectivity index (χ2n) is 2.21. The summed E-state index contributed by atoms with van der Waals surface area (Å²) >= 11 is 0. The van der Waals surface area contributed by atoms with Crippen molar-refractivity contribution in [1.29, 1.82) is 0 Å². The summed E-state index contributed by atoms with van der Waals surface area (Å²) in [6.07, 6.45) is 0. The van der Waals surface area contributed by atoms with Crippen LogP contribution in [0, 0.1) is 0 Å². The monoisotopic (exact) mass is 260 g/mol. The third-order valence-electron chi connectivity index (χ3n) is 1.21. The maximum absolute atomic E-state index is 12.1. The van der Waals surface area contributed by atoms with Crippen LogP contribution in [0.2, 0.25) is 0 Å². The van der Waals surface area contributed by atoms with Crippen molar-refractivity contribution in [2.45, 2.75) is 12.8 Å². The Bertz CT molecular complexity index is 320. The van der Waals surface area contributed by atoms with E-state index >= 15 is 0 Å². The number of halogens is 3. The van der Waals surface area contributed by atoms with E-state index in [1.165, 1.54) is 0 Å². The van der Waals surface area contributed by atoms with Gasteiger partial charge in [-0.1, -0.05) is 0 Å². The van der Waals surface area contributed by atoms with Gasteiger partial charge in [0.1, 0.15) is 0 Å². The normalized spacial score (nSPS) is 17.5. The van der Waals surface area contributed by atoms with Gasteiger partial charge in [-0.25, -0.2) is 0 Å².